The van der Waals surface area contributed by atoms with E-state index in [1.165, 1.54) is 23.5 Å². The van der Waals surface area contributed by atoms with Crippen molar-refractivity contribution in [2.75, 3.05) is 23.3 Å². The Labute approximate surface area is 174 Å². The van der Waals surface area contributed by atoms with E-state index in [4.69, 9.17) is 16.3 Å². The van der Waals surface area contributed by atoms with Gasteiger partial charge >= 0.3 is 0 Å². The van der Waals surface area contributed by atoms with Crippen LogP contribution in [0.5, 0.6) is 5.75 Å². The van der Waals surface area contributed by atoms with E-state index in [0.29, 0.717) is 22.1 Å². The fourth-order valence-corrected chi connectivity index (χ4v) is 4.00. The molecule has 29 heavy (non-hydrogen) atoms. The van der Waals surface area contributed by atoms with Crippen molar-refractivity contribution in [3.8, 4) is 5.75 Å². The van der Waals surface area contributed by atoms with Crippen molar-refractivity contribution in [3.05, 3.63) is 83.9 Å². The number of ether oxygens (including phenoxy) is 1. The number of halogens is 1. The zero-order valence-corrected chi connectivity index (χ0v) is 17.2. The van der Waals surface area contributed by atoms with E-state index in [2.05, 4.69) is 5.32 Å². The highest BCUT2D eigenvalue weighted by atomic mass is 35.5. The molecule has 1 amide bonds. The molecule has 0 aliphatic heterocycles. The van der Waals surface area contributed by atoms with Crippen molar-refractivity contribution in [1.82, 2.24) is 0 Å². The highest BCUT2D eigenvalue weighted by molar-refractivity contribution is 7.92. The van der Waals surface area contributed by atoms with Crippen LogP contribution < -0.4 is 14.4 Å². The van der Waals surface area contributed by atoms with Crippen LogP contribution in [0.4, 0.5) is 11.4 Å². The average Bonchev–Trinajstić information content (AvgIpc) is 2.73. The van der Waals surface area contributed by atoms with Gasteiger partial charge < -0.3 is 10.1 Å². The fraction of sp³-hybridized carbons (Fsp3) is 0.0952. The molecule has 3 aromatic carbocycles. The van der Waals surface area contributed by atoms with Crippen LogP contribution in [-0.2, 0) is 14.8 Å². The number of hydrogen-bond acceptors (Lipinski definition) is 4. The molecule has 6 nitrogen and oxygen atoms in total. The average molecular weight is 431 g/mol. The number of benzene rings is 3. The summed E-state index contributed by atoms with van der Waals surface area (Å²) in [5.74, 6) is -0.0407. The number of anilines is 2. The molecule has 0 atom stereocenters. The van der Waals surface area contributed by atoms with Crippen molar-refractivity contribution in [2.45, 2.75) is 4.90 Å². The lowest BCUT2D eigenvalue weighted by Crippen LogP contribution is -2.26. The van der Waals surface area contributed by atoms with E-state index >= 15 is 0 Å². The number of nitrogens with one attached hydrogen (secondary N) is 1. The minimum Gasteiger partial charge on any atom is -0.482 e. The first-order chi connectivity index (χ1) is 13.9. The SMILES string of the molecule is CN(c1ccccc1)S(=O)(=O)c1cccc(NC(=O)COc2ccccc2Cl)c1. The highest BCUT2D eigenvalue weighted by Gasteiger charge is 2.21. The minimum atomic E-state index is -3.78. The number of carbonyl (C=O) groups is 1. The molecule has 8 heteroatoms. The monoisotopic (exact) mass is 430 g/mol. The lowest BCUT2D eigenvalue weighted by Gasteiger charge is -2.20. The summed E-state index contributed by atoms with van der Waals surface area (Å²) in [6, 6.07) is 21.6. The minimum absolute atomic E-state index is 0.0636. The Bertz CT molecular complexity index is 1100. The Morgan fingerprint density at radius 2 is 1.69 bits per heavy atom. The maximum atomic E-state index is 12.9. The molecule has 3 rings (SSSR count). The molecule has 0 heterocycles. The third-order valence-electron chi connectivity index (χ3n) is 4.09. The summed E-state index contributed by atoms with van der Waals surface area (Å²) in [5, 5.41) is 3.03. The van der Waals surface area contributed by atoms with E-state index in [1.54, 1.807) is 60.7 Å². The van der Waals surface area contributed by atoms with Crippen LogP contribution in [0.3, 0.4) is 0 Å². The van der Waals surface area contributed by atoms with E-state index in [1.807, 2.05) is 6.07 Å². The number of amides is 1. The van der Waals surface area contributed by atoms with Crippen LogP contribution in [0.1, 0.15) is 0 Å². The summed E-state index contributed by atoms with van der Waals surface area (Å²) in [4.78, 5) is 12.2. The summed E-state index contributed by atoms with van der Waals surface area (Å²) >= 11 is 5.99. The van der Waals surface area contributed by atoms with Crippen LogP contribution >= 0.6 is 11.6 Å². The number of carbonyl (C=O) groups excluding carboxylic acids is 1. The van der Waals surface area contributed by atoms with E-state index < -0.39 is 15.9 Å². The fourth-order valence-electron chi connectivity index (χ4n) is 2.57. The van der Waals surface area contributed by atoms with Crippen LogP contribution in [0.25, 0.3) is 0 Å². The number of hydrogen-bond donors (Lipinski definition) is 1. The smallest absolute Gasteiger partial charge is 0.264 e. The first-order valence-corrected chi connectivity index (χ1v) is 10.5. The Hall–Kier alpha value is -3.03. The van der Waals surface area contributed by atoms with Gasteiger partial charge in [0.05, 0.1) is 15.6 Å². The van der Waals surface area contributed by atoms with Gasteiger partial charge in [0.25, 0.3) is 15.9 Å². The van der Waals surface area contributed by atoms with Crippen LogP contribution in [-0.4, -0.2) is 28.0 Å². The lowest BCUT2D eigenvalue weighted by molar-refractivity contribution is -0.118. The van der Waals surface area contributed by atoms with Gasteiger partial charge in [-0.2, -0.15) is 0 Å². The second-order valence-electron chi connectivity index (χ2n) is 6.10. The molecule has 150 valence electrons. The first-order valence-electron chi connectivity index (χ1n) is 8.69. The van der Waals surface area contributed by atoms with Gasteiger partial charge in [-0.05, 0) is 42.5 Å². The molecule has 1 N–H and O–H groups in total. The van der Waals surface area contributed by atoms with Gasteiger partial charge in [-0.25, -0.2) is 8.42 Å². The molecule has 0 aliphatic carbocycles. The molecular weight excluding hydrogens is 412 g/mol. The van der Waals surface area contributed by atoms with Gasteiger partial charge in [-0.3, -0.25) is 9.10 Å². The molecule has 0 saturated carbocycles. The Morgan fingerprint density at radius 1 is 1.00 bits per heavy atom. The van der Waals surface area contributed by atoms with Crippen LogP contribution in [0.15, 0.2) is 83.8 Å². The third kappa shape index (κ3) is 5.07. The lowest BCUT2D eigenvalue weighted by atomic mass is 10.3. The Balaban J connectivity index is 1.70. The summed E-state index contributed by atoms with van der Waals surface area (Å²) in [7, 11) is -2.30. The summed E-state index contributed by atoms with van der Waals surface area (Å²) < 4.78 is 32.4. The number of nitrogens with zero attached hydrogens (tertiary/aromatic N) is 1. The van der Waals surface area contributed by atoms with E-state index in [0.717, 1.165) is 0 Å². The summed E-state index contributed by atoms with van der Waals surface area (Å²) in [6.07, 6.45) is 0. The number of para-hydroxylation sites is 2. The molecule has 0 aliphatic rings. The first kappa shape index (κ1) is 20.7. The Kier molecular flexibility index (Phi) is 6.41. The number of sulfonamides is 1. The standard InChI is InChI=1S/C21H19ClN2O4S/c1-24(17-9-3-2-4-10-17)29(26,27)18-11-7-8-16(14-18)23-21(25)15-28-20-13-6-5-12-19(20)22/h2-14H,15H2,1H3,(H,23,25). The van der Waals surface area contributed by atoms with Crippen molar-refractivity contribution >= 4 is 38.9 Å². The summed E-state index contributed by atoms with van der Waals surface area (Å²) in [5.41, 5.74) is 0.885. The maximum Gasteiger partial charge on any atom is 0.264 e. The summed E-state index contributed by atoms with van der Waals surface area (Å²) in [6.45, 7) is -0.259. The van der Waals surface area contributed by atoms with Crippen molar-refractivity contribution in [3.63, 3.8) is 0 Å². The van der Waals surface area contributed by atoms with Gasteiger partial charge in [0.15, 0.2) is 6.61 Å². The van der Waals surface area contributed by atoms with Crippen molar-refractivity contribution in [2.24, 2.45) is 0 Å². The molecule has 0 bridgehead atoms. The van der Waals surface area contributed by atoms with E-state index in [9.17, 15) is 13.2 Å². The molecular formula is C21H19ClN2O4S. The quantitative estimate of drug-likeness (QED) is 0.610. The predicted molar refractivity (Wildman–Crippen MR) is 114 cm³/mol. The Morgan fingerprint density at radius 3 is 2.41 bits per heavy atom. The van der Waals surface area contributed by atoms with Crippen LogP contribution in [0.2, 0.25) is 5.02 Å². The zero-order valence-electron chi connectivity index (χ0n) is 15.6. The molecule has 0 unspecified atom stereocenters. The van der Waals surface area contributed by atoms with Gasteiger partial charge in [0, 0.05) is 12.7 Å². The molecule has 0 spiro atoms. The second-order valence-corrected chi connectivity index (χ2v) is 8.48. The molecule has 0 fully saturated rings. The van der Waals surface area contributed by atoms with Crippen LogP contribution in [0, 0.1) is 0 Å². The maximum absolute atomic E-state index is 12.9. The zero-order chi connectivity index (χ0) is 20.9. The van der Waals surface area contributed by atoms with Gasteiger partial charge in [0.2, 0.25) is 0 Å². The van der Waals surface area contributed by atoms with Gasteiger partial charge in [-0.1, -0.05) is 48.0 Å². The van der Waals surface area contributed by atoms with Crippen molar-refractivity contribution < 1.29 is 17.9 Å². The molecule has 0 radical (unpaired) electrons. The second kappa shape index (κ2) is 8.98. The largest absolute Gasteiger partial charge is 0.482 e. The molecule has 0 saturated heterocycles. The van der Waals surface area contributed by atoms with Crippen molar-refractivity contribution in [1.29, 1.82) is 0 Å². The third-order valence-corrected chi connectivity index (χ3v) is 6.19. The predicted octanol–water partition coefficient (Wildman–Crippen LogP) is 4.18. The molecule has 3 aromatic rings. The normalized spacial score (nSPS) is 11.0. The number of rotatable bonds is 7. The van der Waals surface area contributed by atoms with E-state index in [-0.39, 0.29) is 11.5 Å². The van der Waals surface area contributed by atoms with Gasteiger partial charge in [-0.15, -0.1) is 0 Å². The molecule has 0 aromatic heterocycles. The topological polar surface area (TPSA) is 75.7 Å². The van der Waals surface area contributed by atoms with Gasteiger partial charge in [0.1, 0.15) is 5.75 Å². The highest BCUT2D eigenvalue weighted by Crippen LogP contribution is 2.24.